The van der Waals surface area contributed by atoms with Gasteiger partial charge < -0.3 is 10.6 Å². The van der Waals surface area contributed by atoms with E-state index in [-0.39, 0.29) is 18.3 Å². The summed E-state index contributed by atoms with van der Waals surface area (Å²) >= 11 is 6.70. The molecule has 0 saturated heterocycles. The van der Waals surface area contributed by atoms with Crippen LogP contribution in [0.3, 0.4) is 0 Å². The van der Waals surface area contributed by atoms with Crippen LogP contribution in [0, 0.1) is 6.92 Å². The van der Waals surface area contributed by atoms with Crippen molar-refractivity contribution in [1.29, 1.82) is 0 Å². The molecule has 1 atom stereocenters. The third-order valence-corrected chi connectivity index (χ3v) is 5.03. The number of thiocarbonyl (C=S) groups is 1. The summed E-state index contributed by atoms with van der Waals surface area (Å²) in [4.78, 5) is 17.2. The number of carbonyl (C=O) groups excluding carboxylic acids is 1. The molecule has 0 fully saturated rings. The van der Waals surface area contributed by atoms with Gasteiger partial charge in [-0.05, 0) is 43.4 Å². The van der Waals surface area contributed by atoms with Crippen LogP contribution in [0.1, 0.15) is 10.4 Å². The maximum absolute atomic E-state index is 12.7. The summed E-state index contributed by atoms with van der Waals surface area (Å²) in [5.41, 5.74) is 3.72. The molecule has 5 nitrogen and oxygen atoms in total. The molecule has 2 N–H and O–H groups in total. The first-order valence-electron chi connectivity index (χ1n) is 7.44. The minimum atomic E-state index is -0.470. The first-order chi connectivity index (χ1) is 11.6. The molecule has 1 aliphatic rings. The Kier molecular flexibility index (Phi) is 4.99. The lowest BCUT2D eigenvalue weighted by molar-refractivity contribution is 0.0910. The average Bonchev–Trinajstić information content (AvgIpc) is 3.07. The molecule has 2 aromatic carbocycles. The molecule has 8 heteroatoms. The van der Waals surface area contributed by atoms with E-state index >= 15 is 0 Å². The van der Waals surface area contributed by atoms with Crippen molar-refractivity contribution >= 4 is 64.1 Å². The van der Waals surface area contributed by atoms with E-state index in [4.69, 9.17) is 12.2 Å². The van der Waals surface area contributed by atoms with Gasteiger partial charge in [-0.1, -0.05) is 41.6 Å². The summed E-state index contributed by atoms with van der Waals surface area (Å²) in [6, 6.07) is 15.5. The Hall–Kier alpha value is -2.09. The monoisotopic (exact) mass is 390 g/mol. The van der Waals surface area contributed by atoms with E-state index in [1.807, 2.05) is 55.5 Å². The number of fused-ring (bicyclic) bond motifs is 3. The second-order valence-corrected chi connectivity index (χ2v) is 7.00. The lowest BCUT2D eigenvalue weighted by Gasteiger charge is -2.14. The van der Waals surface area contributed by atoms with Crippen molar-refractivity contribution in [3.63, 3.8) is 0 Å². The molecule has 0 amide bonds. The van der Waals surface area contributed by atoms with Crippen molar-refractivity contribution in [1.82, 2.24) is 14.9 Å². The molecular formula is C17H15ClN4OS2. The van der Waals surface area contributed by atoms with Gasteiger partial charge in [0.15, 0.2) is 15.6 Å². The number of thioether (sulfide) groups is 1. The quantitative estimate of drug-likeness (QED) is 0.648. The van der Waals surface area contributed by atoms with Crippen LogP contribution >= 0.6 is 36.4 Å². The predicted octanol–water partition coefficient (Wildman–Crippen LogP) is 3.83. The van der Waals surface area contributed by atoms with Crippen LogP contribution in [-0.2, 0) is 0 Å². The third kappa shape index (κ3) is 3.35. The van der Waals surface area contributed by atoms with E-state index in [0.29, 0.717) is 10.3 Å². The van der Waals surface area contributed by atoms with Crippen molar-refractivity contribution in [2.45, 2.75) is 17.5 Å². The highest BCUT2D eigenvalue weighted by Crippen LogP contribution is 2.33. The SMILES string of the molecule is Cc1ccc(NC(=S)NC2Sc3nc4ccccc4n3C2=O)cc1.Cl. The number of anilines is 1. The van der Waals surface area contributed by atoms with E-state index in [1.54, 1.807) is 4.57 Å². The summed E-state index contributed by atoms with van der Waals surface area (Å²) in [7, 11) is 0. The number of para-hydroxylation sites is 2. The Labute approximate surface area is 160 Å². The van der Waals surface area contributed by atoms with Gasteiger partial charge >= 0.3 is 0 Å². The Morgan fingerprint density at radius 3 is 2.68 bits per heavy atom. The van der Waals surface area contributed by atoms with Gasteiger partial charge in [-0.25, -0.2) is 4.98 Å². The number of hydrogen-bond donors (Lipinski definition) is 2. The highest BCUT2D eigenvalue weighted by Gasteiger charge is 2.34. The highest BCUT2D eigenvalue weighted by atomic mass is 35.5. The summed E-state index contributed by atoms with van der Waals surface area (Å²) in [6.45, 7) is 2.03. The minimum absolute atomic E-state index is 0. The summed E-state index contributed by atoms with van der Waals surface area (Å²) < 4.78 is 1.64. The van der Waals surface area contributed by atoms with Crippen LogP contribution < -0.4 is 10.6 Å². The van der Waals surface area contributed by atoms with Crippen molar-refractivity contribution < 1.29 is 4.79 Å². The number of imidazole rings is 1. The number of nitrogens with zero attached hydrogens (tertiary/aromatic N) is 2. The summed E-state index contributed by atoms with van der Waals surface area (Å²) in [5.74, 6) is -0.0586. The van der Waals surface area contributed by atoms with E-state index in [9.17, 15) is 4.79 Å². The maximum atomic E-state index is 12.7. The lowest BCUT2D eigenvalue weighted by Crippen LogP contribution is -2.40. The van der Waals surface area contributed by atoms with E-state index < -0.39 is 5.37 Å². The second-order valence-electron chi connectivity index (χ2n) is 5.52. The van der Waals surface area contributed by atoms with Crippen LogP contribution in [0.4, 0.5) is 5.69 Å². The topological polar surface area (TPSA) is 59.0 Å². The number of nitrogens with one attached hydrogen (secondary N) is 2. The molecule has 0 aliphatic carbocycles. The number of aromatic nitrogens is 2. The van der Waals surface area contributed by atoms with Gasteiger partial charge in [-0.2, -0.15) is 0 Å². The van der Waals surface area contributed by atoms with Gasteiger partial charge in [0, 0.05) is 5.69 Å². The number of halogens is 1. The Balaban J connectivity index is 0.00000182. The van der Waals surface area contributed by atoms with Gasteiger partial charge in [-0.15, -0.1) is 12.4 Å². The molecule has 0 bridgehead atoms. The average molecular weight is 391 g/mol. The van der Waals surface area contributed by atoms with E-state index in [0.717, 1.165) is 16.7 Å². The number of aryl methyl sites for hydroxylation is 1. The van der Waals surface area contributed by atoms with Gasteiger partial charge in [0.05, 0.1) is 11.0 Å². The van der Waals surface area contributed by atoms with Gasteiger partial charge in [0.2, 0.25) is 0 Å². The zero-order valence-corrected chi connectivity index (χ0v) is 15.7. The fourth-order valence-electron chi connectivity index (χ4n) is 2.58. The van der Waals surface area contributed by atoms with E-state index in [1.165, 1.54) is 17.3 Å². The lowest BCUT2D eigenvalue weighted by atomic mass is 10.2. The molecule has 25 heavy (non-hydrogen) atoms. The first-order valence-corrected chi connectivity index (χ1v) is 8.73. The largest absolute Gasteiger partial charge is 0.342 e. The summed E-state index contributed by atoms with van der Waals surface area (Å²) in [6.07, 6.45) is 0. The summed E-state index contributed by atoms with van der Waals surface area (Å²) in [5, 5.41) is 6.80. The molecule has 3 aromatic rings. The van der Waals surface area contributed by atoms with E-state index in [2.05, 4.69) is 15.6 Å². The number of carbonyl (C=O) groups is 1. The van der Waals surface area contributed by atoms with Crippen LogP contribution in [0.2, 0.25) is 0 Å². The molecule has 1 aromatic heterocycles. The Morgan fingerprint density at radius 2 is 1.92 bits per heavy atom. The molecule has 128 valence electrons. The predicted molar refractivity (Wildman–Crippen MR) is 108 cm³/mol. The molecule has 4 rings (SSSR count). The fourth-order valence-corrected chi connectivity index (χ4v) is 3.93. The van der Waals surface area contributed by atoms with Crippen LogP contribution in [0.5, 0.6) is 0 Å². The van der Waals surface area contributed by atoms with Crippen LogP contribution in [-0.4, -0.2) is 25.9 Å². The first kappa shape index (κ1) is 17.7. The second kappa shape index (κ2) is 7.03. The zero-order chi connectivity index (χ0) is 16.7. The smallest absolute Gasteiger partial charge is 0.266 e. The molecule has 2 heterocycles. The number of hydrogen-bond acceptors (Lipinski definition) is 4. The molecule has 0 radical (unpaired) electrons. The Bertz CT molecular complexity index is 955. The van der Waals surface area contributed by atoms with Crippen molar-refractivity contribution in [3.05, 3.63) is 54.1 Å². The van der Waals surface area contributed by atoms with Crippen molar-refractivity contribution in [3.8, 4) is 0 Å². The maximum Gasteiger partial charge on any atom is 0.266 e. The Morgan fingerprint density at radius 1 is 1.20 bits per heavy atom. The zero-order valence-electron chi connectivity index (χ0n) is 13.2. The standard InChI is InChI=1S/C17H14N4OS2.ClH/c1-10-6-8-11(9-7-10)18-16(23)20-14-15(22)21-13-5-3-2-4-12(13)19-17(21)24-14;/h2-9,14H,1H3,(H2,18,20,23);1H. The van der Waals surface area contributed by atoms with Gasteiger partial charge in [0.25, 0.3) is 5.91 Å². The molecule has 1 unspecified atom stereocenters. The molecule has 0 spiro atoms. The molecule has 0 saturated carbocycles. The van der Waals surface area contributed by atoms with Crippen LogP contribution in [0.25, 0.3) is 11.0 Å². The highest BCUT2D eigenvalue weighted by molar-refractivity contribution is 8.01. The van der Waals surface area contributed by atoms with Gasteiger partial charge in [0.1, 0.15) is 0 Å². The van der Waals surface area contributed by atoms with Crippen molar-refractivity contribution in [2.24, 2.45) is 0 Å². The number of rotatable bonds is 2. The van der Waals surface area contributed by atoms with Crippen LogP contribution in [0.15, 0.2) is 53.7 Å². The molecular weight excluding hydrogens is 376 g/mol. The molecule has 1 aliphatic heterocycles. The fraction of sp³-hybridized carbons (Fsp3) is 0.118. The van der Waals surface area contributed by atoms with Gasteiger partial charge in [-0.3, -0.25) is 9.36 Å². The normalized spacial score (nSPS) is 15.6. The third-order valence-electron chi connectivity index (χ3n) is 3.77. The van der Waals surface area contributed by atoms with Crippen molar-refractivity contribution in [2.75, 3.05) is 5.32 Å². The minimum Gasteiger partial charge on any atom is -0.342 e. The number of benzene rings is 2.